The molecule has 1 unspecified atom stereocenters. The van der Waals surface area contributed by atoms with Crippen molar-refractivity contribution in [2.75, 3.05) is 38.6 Å². The first-order valence-corrected chi connectivity index (χ1v) is 8.10. The van der Waals surface area contributed by atoms with Gasteiger partial charge in [-0.25, -0.2) is 4.98 Å². The second-order valence-electron chi connectivity index (χ2n) is 5.91. The molecule has 2 fully saturated rings. The van der Waals surface area contributed by atoms with E-state index in [1.54, 1.807) is 0 Å². The summed E-state index contributed by atoms with van der Waals surface area (Å²) in [5, 5.41) is 4.53. The number of nitrogens with one attached hydrogen (secondary N) is 1. The van der Waals surface area contributed by atoms with Crippen LogP contribution < -0.4 is 10.2 Å². The second kappa shape index (κ2) is 5.38. The number of nitrogens with zero attached hydrogens (tertiary/aromatic N) is 3. The van der Waals surface area contributed by atoms with Gasteiger partial charge in [-0.3, -0.25) is 0 Å². The molecular weight excluding hydrogens is 256 g/mol. The number of likely N-dealkylation sites (N-methyl/N-ethyl adjacent to an activating group) is 1. The zero-order chi connectivity index (χ0) is 13.4. The minimum Gasteiger partial charge on any atom is -0.343 e. The Hall–Kier alpha value is -0.650. The van der Waals surface area contributed by atoms with Gasteiger partial charge >= 0.3 is 0 Å². The van der Waals surface area contributed by atoms with E-state index in [9.17, 15) is 0 Å². The molecule has 1 aromatic heterocycles. The number of piperazine rings is 1. The zero-order valence-electron chi connectivity index (χ0n) is 12.1. The van der Waals surface area contributed by atoms with Crippen molar-refractivity contribution in [2.24, 2.45) is 0 Å². The molecule has 1 aliphatic carbocycles. The third-order valence-electron chi connectivity index (χ3n) is 4.09. The van der Waals surface area contributed by atoms with E-state index in [2.05, 4.69) is 29.1 Å². The van der Waals surface area contributed by atoms with Gasteiger partial charge in [-0.2, -0.15) is 0 Å². The molecule has 3 rings (SSSR count). The lowest BCUT2D eigenvalue weighted by Crippen LogP contribution is -2.50. The summed E-state index contributed by atoms with van der Waals surface area (Å²) in [5.74, 6) is 0.746. The maximum absolute atomic E-state index is 4.98. The molecule has 1 atom stereocenters. The van der Waals surface area contributed by atoms with Gasteiger partial charge in [0.15, 0.2) is 5.13 Å². The van der Waals surface area contributed by atoms with Crippen LogP contribution in [0.3, 0.4) is 0 Å². The van der Waals surface area contributed by atoms with E-state index in [-0.39, 0.29) is 0 Å². The highest BCUT2D eigenvalue weighted by atomic mass is 32.1. The quantitative estimate of drug-likeness (QED) is 0.912. The number of rotatable bonds is 4. The molecule has 0 aromatic carbocycles. The van der Waals surface area contributed by atoms with Gasteiger partial charge in [0.2, 0.25) is 0 Å². The monoisotopic (exact) mass is 280 g/mol. The topological polar surface area (TPSA) is 31.4 Å². The van der Waals surface area contributed by atoms with E-state index in [0.717, 1.165) is 32.1 Å². The van der Waals surface area contributed by atoms with Crippen molar-refractivity contribution in [2.45, 2.75) is 38.3 Å². The van der Waals surface area contributed by atoms with Crippen molar-refractivity contribution < 1.29 is 0 Å². The van der Waals surface area contributed by atoms with E-state index in [0.29, 0.717) is 6.04 Å². The van der Waals surface area contributed by atoms with Gasteiger partial charge in [-0.15, -0.1) is 11.3 Å². The molecule has 19 heavy (non-hydrogen) atoms. The van der Waals surface area contributed by atoms with Crippen molar-refractivity contribution in [3.8, 4) is 0 Å². The molecule has 0 amide bonds. The first-order chi connectivity index (χ1) is 9.19. The van der Waals surface area contributed by atoms with Crippen LogP contribution in [-0.4, -0.2) is 49.7 Å². The van der Waals surface area contributed by atoms with Crippen molar-refractivity contribution in [3.63, 3.8) is 0 Å². The molecular formula is C14H24N4S. The largest absolute Gasteiger partial charge is 0.343 e. The molecule has 1 saturated heterocycles. The van der Waals surface area contributed by atoms with Gasteiger partial charge in [-0.05, 0) is 33.9 Å². The standard InChI is InChI=1S/C14H24N4S/c1-10-9-17(3)6-7-18(10)14-16-13(11-4-5-11)12(19-14)8-15-2/h10-11,15H,4-9H2,1-3H3. The predicted octanol–water partition coefficient (Wildman–Crippen LogP) is 1.88. The Morgan fingerprint density at radius 3 is 2.79 bits per heavy atom. The minimum atomic E-state index is 0.569. The molecule has 106 valence electrons. The van der Waals surface area contributed by atoms with Crippen molar-refractivity contribution in [1.29, 1.82) is 0 Å². The highest BCUT2D eigenvalue weighted by Gasteiger charge is 2.31. The van der Waals surface area contributed by atoms with E-state index < -0.39 is 0 Å². The Bertz CT molecular complexity index is 441. The Labute approximate surface area is 119 Å². The molecule has 0 bridgehead atoms. The van der Waals surface area contributed by atoms with E-state index in [1.807, 2.05) is 18.4 Å². The highest BCUT2D eigenvalue weighted by molar-refractivity contribution is 7.15. The van der Waals surface area contributed by atoms with E-state index >= 15 is 0 Å². The number of aromatic nitrogens is 1. The summed E-state index contributed by atoms with van der Waals surface area (Å²) in [6, 6.07) is 0.569. The van der Waals surface area contributed by atoms with Crippen LogP contribution in [0.15, 0.2) is 0 Å². The summed E-state index contributed by atoms with van der Waals surface area (Å²) < 4.78 is 0. The van der Waals surface area contributed by atoms with E-state index in [1.165, 1.54) is 28.5 Å². The molecule has 4 nitrogen and oxygen atoms in total. The second-order valence-corrected chi connectivity index (χ2v) is 6.98. The molecule has 0 spiro atoms. The van der Waals surface area contributed by atoms with Gasteiger partial charge < -0.3 is 15.1 Å². The van der Waals surface area contributed by atoms with Crippen molar-refractivity contribution >= 4 is 16.5 Å². The summed E-state index contributed by atoms with van der Waals surface area (Å²) in [5.41, 5.74) is 1.38. The summed E-state index contributed by atoms with van der Waals surface area (Å²) >= 11 is 1.90. The van der Waals surface area contributed by atoms with Crippen LogP contribution in [0, 0.1) is 0 Å². The summed E-state index contributed by atoms with van der Waals surface area (Å²) in [7, 11) is 4.23. The Morgan fingerprint density at radius 2 is 2.16 bits per heavy atom. The Morgan fingerprint density at radius 1 is 1.37 bits per heavy atom. The average Bonchev–Trinajstić information content (AvgIpc) is 3.12. The van der Waals surface area contributed by atoms with Gasteiger partial charge in [0.05, 0.1) is 5.69 Å². The fraction of sp³-hybridized carbons (Fsp3) is 0.786. The number of anilines is 1. The predicted molar refractivity (Wildman–Crippen MR) is 81.2 cm³/mol. The Balaban J connectivity index is 1.82. The van der Waals surface area contributed by atoms with Crippen LogP contribution in [0.2, 0.25) is 0 Å². The van der Waals surface area contributed by atoms with Gasteiger partial charge in [-0.1, -0.05) is 0 Å². The molecule has 2 heterocycles. The third-order valence-corrected chi connectivity index (χ3v) is 5.20. The van der Waals surface area contributed by atoms with Crippen LogP contribution in [0.4, 0.5) is 5.13 Å². The molecule has 1 aliphatic heterocycles. The molecule has 0 radical (unpaired) electrons. The molecule has 1 saturated carbocycles. The highest BCUT2D eigenvalue weighted by Crippen LogP contribution is 2.44. The smallest absolute Gasteiger partial charge is 0.186 e. The first kappa shape index (κ1) is 13.3. The normalized spacial score (nSPS) is 25.0. The maximum atomic E-state index is 4.98. The number of hydrogen-bond donors (Lipinski definition) is 1. The Kier molecular flexibility index (Phi) is 3.78. The van der Waals surface area contributed by atoms with Crippen molar-refractivity contribution in [3.05, 3.63) is 10.6 Å². The van der Waals surface area contributed by atoms with Crippen molar-refractivity contribution in [1.82, 2.24) is 15.2 Å². The molecule has 1 N–H and O–H groups in total. The molecule has 1 aromatic rings. The van der Waals surface area contributed by atoms with Crippen LogP contribution in [0.5, 0.6) is 0 Å². The first-order valence-electron chi connectivity index (χ1n) is 7.28. The van der Waals surface area contributed by atoms with Gasteiger partial charge in [0.25, 0.3) is 0 Å². The molecule has 5 heteroatoms. The lowest BCUT2D eigenvalue weighted by molar-refractivity contribution is 0.275. The maximum Gasteiger partial charge on any atom is 0.186 e. The van der Waals surface area contributed by atoms with Crippen LogP contribution in [0.1, 0.15) is 36.3 Å². The fourth-order valence-corrected chi connectivity index (χ4v) is 4.15. The average molecular weight is 280 g/mol. The summed E-state index contributed by atoms with van der Waals surface area (Å²) in [4.78, 5) is 11.3. The summed E-state index contributed by atoms with van der Waals surface area (Å²) in [6.07, 6.45) is 2.66. The van der Waals surface area contributed by atoms with E-state index in [4.69, 9.17) is 4.98 Å². The number of thiazole rings is 1. The van der Waals surface area contributed by atoms with Crippen LogP contribution in [0.25, 0.3) is 0 Å². The van der Waals surface area contributed by atoms with Gasteiger partial charge in [0.1, 0.15) is 0 Å². The van der Waals surface area contributed by atoms with Gasteiger partial charge in [0, 0.05) is 43.0 Å². The lowest BCUT2D eigenvalue weighted by Gasteiger charge is -2.38. The third kappa shape index (κ3) is 2.78. The lowest BCUT2D eigenvalue weighted by atomic mass is 10.2. The van der Waals surface area contributed by atoms with Crippen LogP contribution >= 0.6 is 11.3 Å². The fourth-order valence-electron chi connectivity index (χ4n) is 2.86. The summed E-state index contributed by atoms with van der Waals surface area (Å²) in [6.45, 7) is 6.66. The minimum absolute atomic E-state index is 0.569. The zero-order valence-corrected chi connectivity index (χ0v) is 13.0. The number of hydrogen-bond acceptors (Lipinski definition) is 5. The van der Waals surface area contributed by atoms with Crippen LogP contribution in [-0.2, 0) is 6.54 Å². The molecule has 2 aliphatic rings. The SMILES string of the molecule is CNCc1sc(N2CCN(C)CC2C)nc1C1CC1.